The van der Waals surface area contributed by atoms with Gasteiger partial charge in [-0.25, -0.2) is 19.3 Å². The molecular formula is C21H26FN5O. The average molecular weight is 383 g/mol. The van der Waals surface area contributed by atoms with Crippen molar-refractivity contribution >= 4 is 17.5 Å². The predicted octanol–water partition coefficient (Wildman–Crippen LogP) is 3.17. The number of piperidine rings is 1. The van der Waals surface area contributed by atoms with Crippen molar-refractivity contribution in [2.45, 2.75) is 58.4 Å². The lowest BCUT2D eigenvalue weighted by Gasteiger charge is -2.40. The summed E-state index contributed by atoms with van der Waals surface area (Å²) in [5, 5.41) is 0. The first-order valence-corrected chi connectivity index (χ1v) is 9.85. The minimum absolute atomic E-state index is 0.0648. The van der Waals surface area contributed by atoms with Crippen molar-refractivity contribution in [3.63, 3.8) is 0 Å². The fourth-order valence-corrected chi connectivity index (χ4v) is 4.32. The Morgan fingerprint density at radius 2 is 2.04 bits per heavy atom. The van der Waals surface area contributed by atoms with Gasteiger partial charge in [-0.15, -0.1) is 0 Å². The first-order chi connectivity index (χ1) is 13.3. The second kappa shape index (κ2) is 6.79. The number of carbonyl (C=O) groups excluding carboxylic acids is 1. The summed E-state index contributed by atoms with van der Waals surface area (Å²) in [5.74, 6) is 2.06. The van der Waals surface area contributed by atoms with Crippen molar-refractivity contribution < 1.29 is 9.18 Å². The van der Waals surface area contributed by atoms with Gasteiger partial charge in [-0.05, 0) is 45.7 Å². The number of halogens is 1. The van der Waals surface area contributed by atoms with Gasteiger partial charge in [0.05, 0.1) is 12.6 Å². The van der Waals surface area contributed by atoms with Gasteiger partial charge in [-0.2, -0.15) is 0 Å². The van der Waals surface area contributed by atoms with Crippen molar-refractivity contribution in [2.24, 2.45) is 0 Å². The number of pyridine rings is 1. The highest BCUT2D eigenvalue weighted by Gasteiger charge is 2.39. The molecule has 28 heavy (non-hydrogen) atoms. The summed E-state index contributed by atoms with van der Waals surface area (Å²) in [6.07, 6.45) is 3.56. The molecule has 1 amide bonds. The molecule has 4 heterocycles. The number of carbonyl (C=O) groups is 1. The highest BCUT2D eigenvalue weighted by molar-refractivity contribution is 6.00. The maximum Gasteiger partial charge on any atom is 0.233 e. The number of hydrogen-bond donors (Lipinski definition) is 0. The van der Waals surface area contributed by atoms with Crippen molar-refractivity contribution in [1.82, 2.24) is 15.0 Å². The molecule has 2 aliphatic rings. The van der Waals surface area contributed by atoms with E-state index in [4.69, 9.17) is 9.97 Å². The SMILES string of the molecule is Cc1nc(C2(C)CCCN(c3ccc(F)cn3)C2)nc2c1CC(=O)N2C(C)C. The molecule has 7 heteroatoms. The van der Waals surface area contributed by atoms with Crippen LogP contribution in [0.1, 0.15) is 50.7 Å². The molecule has 2 aliphatic heterocycles. The normalized spacial score (nSPS) is 22.1. The summed E-state index contributed by atoms with van der Waals surface area (Å²) in [6.45, 7) is 9.73. The topological polar surface area (TPSA) is 62.2 Å². The van der Waals surface area contributed by atoms with Crippen LogP contribution in [0.2, 0.25) is 0 Å². The van der Waals surface area contributed by atoms with Gasteiger partial charge in [0.25, 0.3) is 0 Å². The molecule has 2 aromatic heterocycles. The molecule has 2 aromatic rings. The van der Waals surface area contributed by atoms with E-state index in [0.717, 1.165) is 48.1 Å². The summed E-state index contributed by atoms with van der Waals surface area (Å²) in [6, 6.07) is 3.22. The average Bonchev–Trinajstić information content (AvgIpc) is 2.99. The van der Waals surface area contributed by atoms with Gasteiger partial charge in [0.15, 0.2) is 0 Å². The summed E-state index contributed by atoms with van der Waals surface area (Å²) in [7, 11) is 0. The van der Waals surface area contributed by atoms with Crippen LogP contribution in [-0.4, -0.2) is 40.0 Å². The van der Waals surface area contributed by atoms with Crippen LogP contribution in [0.4, 0.5) is 16.0 Å². The molecule has 1 unspecified atom stereocenters. The molecule has 6 nitrogen and oxygen atoms in total. The van der Waals surface area contributed by atoms with Crippen LogP contribution in [-0.2, 0) is 16.6 Å². The molecule has 0 bridgehead atoms. The fraction of sp³-hybridized carbons (Fsp3) is 0.524. The minimum atomic E-state index is -0.334. The second-order valence-corrected chi connectivity index (χ2v) is 8.39. The number of hydrogen-bond acceptors (Lipinski definition) is 5. The molecular weight excluding hydrogens is 357 g/mol. The van der Waals surface area contributed by atoms with E-state index in [1.54, 1.807) is 11.0 Å². The zero-order chi connectivity index (χ0) is 20.1. The molecule has 1 atom stereocenters. The van der Waals surface area contributed by atoms with Crippen LogP contribution in [0.15, 0.2) is 18.3 Å². The van der Waals surface area contributed by atoms with Crippen molar-refractivity contribution in [3.8, 4) is 0 Å². The van der Waals surface area contributed by atoms with Gasteiger partial charge >= 0.3 is 0 Å². The highest BCUT2D eigenvalue weighted by Crippen LogP contribution is 2.37. The van der Waals surface area contributed by atoms with Gasteiger partial charge in [-0.1, -0.05) is 6.92 Å². The highest BCUT2D eigenvalue weighted by atomic mass is 19.1. The Kier molecular flexibility index (Phi) is 4.56. The number of anilines is 2. The Morgan fingerprint density at radius 1 is 1.25 bits per heavy atom. The van der Waals surface area contributed by atoms with Crippen LogP contribution in [0.5, 0.6) is 0 Å². The quantitative estimate of drug-likeness (QED) is 0.815. The van der Waals surface area contributed by atoms with Gasteiger partial charge in [0.2, 0.25) is 5.91 Å². The second-order valence-electron chi connectivity index (χ2n) is 8.39. The first kappa shape index (κ1) is 18.8. The maximum atomic E-state index is 13.2. The molecule has 0 aromatic carbocycles. The van der Waals surface area contributed by atoms with Gasteiger partial charge in [-0.3, -0.25) is 9.69 Å². The third-order valence-corrected chi connectivity index (χ3v) is 5.81. The number of fused-ring (bicyclic) bond motifs is 1. The lowest BCUT2D eigenvalue weighted by Crippen LogP contribution is -2.46. The molecule has 0 spiro atoms. The smallest absolute Gasteiger partial charge is 0.233 e. The van der Waals surface area contributed by atoms with Crippen LogP contribution < -0.4 is 9.80 Å². The van der Waals surface area contributed by atoms with Crippen molar-refractivity contribution in [2.75, 3.05) is 22.9 Å². The van der Waals surface area contributed by atoms with Crippen LogP contribution >= 0.6 is 0 Å². The van der Waals surface area contributed by atoms with Gasteiger partial charge in [0, 0.05) is 35.8 Å². The van der Waals surface area contributed by atoms with Crippen LogP contribution in [0.25, 0.3) is 0 Å². The predicted molar refractivity (Wildman–Crippen MR) is 106 cm³/mol. The van der Waals surface area contributed by atoms with E-state index in [0.29, 0.717) is 13.0 Å². The Balaban J connectivity index is 1.69. The number of amides is 1. The number of rotatable bonds is 3. The first-order valence-electron chi connectivity index (χ1n) is 9.85. The van der Waals surface area contributed by atoms with Crippen molar-refractivity contribution in [3.05, 3.63) is 41.2 Å². The zero-order valence-electron chi connectivity index (χ0n) is 16.9. The number of nitrogens with zero attached hydrogens (tertiary/aromatic N) is 5. The van der Waals surface area contributed by atoms with E-state index in [9.17, 15) is 9.18 Å². The zero-order valence-corrected chi connectivity index (χ0v) is 16.9. The summed E-state index contributed by atoms with van der Waals surface area (Å²) in [4.78, 5) is 30.4. The molecule has 0 saturated carbocycles. The lowest BCUT2D eigenvalue weighted by atomic mass is 9.80. The molecule has 0 aliphatic carbocycles. The summed E-state index contributed by atoms with van der Waals surface area (Å²) >= 11 is 0. The molecule has 148 valence electrons. The van der Waals surface area contributed by atoms with E-state index < -0.39 is 0 Å². The maximum absolute atomic E-state index is 13.2. The number of aryl methyl sites for hydroxylation is 1. The molecule has 0 N–H and O–H groups in total. The Bertz CT molecular complexity index is 914. The van der Waals surface area contributed by atoms with E-state index in [1.807, 2.05) is 20.8 Å². The summed E-state index contributed by atoms with van der Waals surface area (Å²) < 4.78 is 13.2. The van der Waals surface area contributed by atoms with Gasteiger partial charge in [0.1, 0.15) is 23.3 Å². The molecule has 4 rings (SSSR count). The molecule has 0 radical (unpaired) electrons. The largest absolute Gasteiger partial charge is 0.356 e. The molecule has 1 saturated heterocycles. The van der Waals surface area contributed by atoms with E-state index in [-0.39, 0.29) is 23.2 Å². The fourth-order valence-electron chi connectivity index (χ4n) is 4.32. The van der Waals surface area contributed by atoms with E-state index in [2.05, 4.69) is 16.8 Å². The lowest BCUT2D eigenvalue weighted by molar-refractivity contribution is -0.117. The third kappa shape index (κ3) is 3.12. The Hall–Kier alpha value is -2.57. The van der Waals surface area contributed by atoms with E-state index >= 15 is 0 Å². The van der Waals surface area contributed by atoms with E-state index in [1.165, 1.54) is 12.3 Å². The van der Waals surface area contributed by atoms with Crippen LogP contribution in [0.3, 0.4) is 0 Å². The standard InChI is InChI=1S/C21H26FN5O/c1-13(2)27-18(28)10-16-14(3)24-20(25-19(16)27)21(4)8-5-9-26(12-21)17-7-6-15(22)11-23-17/h6-7,11,13H,5,8-10,12H2,1-4H3. The number of aromatic nitrogens is 3. The monoisotopic (exact) mass is 383 g/mol. The minimum Gasteiger partial charge on any atom is -0.356 e. The van der Waals surface area contributed by atoms with Crippen molar-refractivity contribution in [1.29, 1.82) is 0 Å². The molecule has 1 fully saturated rings. The van der Waals surface area contributed by atoms with Crippen LogP contribution in [0, 0.1) is 12.7 Å². The Morgan fingerprint density at radius 3 is 2.71 bits per heavy atom. The van der Waals surface area contributed by atoms with Gasteiger partial charge < -0.3 is 4.90 Å². The Labute approximate surface area is 164 Å². The third-order valence-electron chi connectivity index (χ3n) is 5.81. The summed E-state index contributed by atoms with van der Waals surface area (Å²) in [5.41, 5.74) is 1.57.